The molecule has 0 saturated heterocycles. The zero-order valence-corrected chi connectivity index (χ0v) is 20.5. The fourth-order valence-electron chi connectivity index (χ4n) is 3.91. The number of benzene rings is 1. The molecular weight excluding hydrogens is 410 g/mol. The van der Waals surface area contributed by atoms with Crippen LogP contribution in [0.5, 0.6) is 0 Å². The third-order valence-electron chi connectivity index (χ3n) is 5.17. The highest BCUT2D eigenvalue weighted by Gasteiger charge is 2.44. The van der Waals surface area contributed by atoms with E-state index in [0.29, 0.717) is 4.99 Å². The number of carbonyl (C=O) groups excluding carboxylic acids is 2. The van der Waals surface area contributed by atoms with Gasteiger partial charge in [0.2, 0.25) is 0 Å². The van der Waals surface area contributed by atoms with Gasteiger partial charge in [-0.15, -0.1) is 0 Å². The molecule has 0 spiro atoms. The summed E-state index contributed by atoms with van der Waals surface area (Å²) in [6.07, 6.45) is 5.15. The lowest BCUT2D eigenvalue weighted by atomic mass is 9.78. The van der Waals surface area contributed by atoms with Crippen molar-refractivity contribution in [1.29, 1.82) is 0 Å². The molecule has 0 amide bonds. The van der Waals surface area contributed by atoms with Gasteiger partial charge in [-0.1, -0.05) is 61.8 Å². The topological polar surface area (TPSA) is 64.6 Å². The van der Waals surface area contributed by atoms with Gasteiger partial charge in [-0.25, -0.2) is 0 Å². The van der Waals surface area contributed by atoms with Gasteiger partial charge >= 0.3 is 11.9 Å². The van der Waals surface area contributed by atoms with Gasteiger partial charge in [-0.3, -0.25) is 9.59 Å². The highest BCUT2D eigenvalue weighted by atomic mass is 32.1. The molecule has 6 heteroatoms. The van der Waals surface area contributed by atoms with Gasteiger partial charge in [-0.05, 0) is 60.3 Å². The van der Waals surface area contributed by atoms with Gasteiger partial charge in [0.05, 0.1) is 6.04 Å². The summed E-state index contributed by atoms with van der Waals surface area (Å²) in [5.74, 6) is -2.11. The molecule has 1 aliphatic rings. The van der Waals surface area contributed by atoms with Crippen LogP contribution in [0, 0.1) is 11.8 Å². The molecule has 0 radical (unpaired) electrons. The lowest BCUT2D eigenvalue weighted by Crippen LogP contribution is -2.53. The maximum atomic E-state index is 13.3. The zero-order valence-electron chi connectivity index (χ0n) is 19.7. The second-order valence-corrected chi connectivity index (χ2v) is 10.7. The molecule has 0 bridgehead atoms. The Kier molecular flexibility index (Phi) is 8.64. The lowest BCUT2D eigenvalue weighted by molar-refractivity contribution is -0.176. The molecule has 1 atom stereocenters. The average molecular weight is 448 g/mol. The molecule has 1 fully saturated rings. The van der Waals surface area contributed by atoms with Crippen molar-refractivity contribution in [3.05, 3.63) is 35.9 Å². The van der Waals surface area contributed by atoms with Crippen molar-refractivity contribution in [2.24, 2.45) is 11.8 Å². The third kappa shape index (κ3) is 8.24. The Bertz CT molecular complexity index is 730. The molecule has 5 nitrogen and oxygen atoms in total. The van der Waals surface area contributed by atoms with E-state index in [-0.39, 0.29) is 5.92 Å². The first-order chi connectivity index (χ1) is 14.4. The van der Waals surface area contributed by atoms with Crippen LogP contribution in [0.3, 0.4) is 0 Å². The van der Waals surface area contributed by atoms with E-state index in [2.05, 4.69) is 5.32 Å². The van der Waals surface area contributed by atoms with E-state index in [1.807, 2.05) is 30.3 Å². The first kappa shape index (κ1) is 25.3. The number of ether oxygens (including phenoxy) is 2. The molecule has 1 aliphatic carbocycles. The Morgan fingerprint density at radius 1 is 0.903 bits per heavy atom. The summed E-state index contributed by atoms with van der Waals surface area (Å²) in [6, 6.07) is 9.11. The van der Waals surface area contributed by atoms with Crippen LogP contribution in [-0.2, 0) is 19.1 Å². The van der Waals surface area contributed by atoms with Crippen LogP contribution < -0.4 is 5.32 Å². The van der Waals surface area contributed by atoms with Crippen LogP contribution in [-0.4, -0.2) is 34.2 Å². The Morgan fingerprint density at radius 2 is 1.39 bits per heavy atom. The number of carbonyl (C=O) groups is 2. The molecule has 1 aromatic rings. The Labute approximate surface area is 192 Å². The predicted octanol–water partition coefficient (Wildman–Crippen LogP) is 5.20. The Balaban J connectivity index is 2.41. The summed E-state index contributed by atoms with van der Waals surface area (Å²) in [5.41, 5.74) is -0.576. The number of nitrogens with one attached hydrogen (secondary N) is 1. The SMILES string of the molecule is CC(C)(C)OC(=O)C(C(=O)OC(C)(C)C)C(NC(=S)c1ccccc1)C1CCCCC1. The van der Waals surface area contributed by atoms with Crippen molar-refractivity contribution in [1.82, 2.24) is 5.32 Å². The third-order valence-corrected chi connectivity index (χ3v) is 5.53. The van der Waals surface area contributed by atoms with Crippen molar-refractivity contribution >= 4 is 29.1 Å². The van der Waals surface area contributed by atoms with E-state index in [0.717, 1.165) is 37.7 Å². The summed E-state index contributed by atoms with van der Waals surface area (Å²) in [7, 11) is 0. The normalized spacial score (nSPS) is 16.5. The number of esters is 2. The molecule has 2 rings (SSSR count). The van der Waals surface area contributed by atoms with E-state index in [1.165, 1.54) is 0 Å². The predicted molar refractivity (Wildman–Crippen MR) is 127 cm³/mol. The van der Waals surface area contributed by atoms with Crippen LogP contribution in [0.4, 0.5) is 0 Å². The summed E-state index contributed by atoms with van der Waals surface area (Å²) < 4.78 is 11.3. The molecule has 1 unspecified atom stereocenters. The second kappa shape index (κ2) is 10.6. The largest absolute Gasteiger partial charge is 0.459 e. The monoisotopic (exact) mass is 447 g/mol. The first-order valence-electron chi connectivity index (χ1n) is 11.2. The molecule has 0 aliphatic heterocycles. The minimum atomic E-state index is -1.09. The maximum Gasteiger partial charge on any atom is 0.323 e. The highest BCUT2D eigenvalue weighted by Crippen LogP contribution is 2.32. The molecule has 31 heavy (non-hydrogen) atoms. The Morgan fingerprint density at radius 3 is 1.84 bits per heavy atom. The minimum absolute atomic E-state index is 0.125. The Hall–Kier alpha value is -1.95. The molecule has 1 N–H and O–H groups in total. The lowest BCUT2D eigenvalue weighted by Gasteiger charge is -2.37. The molecule has 0 heterocycles. The summed E-state index contributed by atoms with van der Waals surface area (Å²) in [6.45, 7) is 10.8. The standard InChI is InChI=1S/C25H37NO4S/c1-24(2,3)29-22(27)19(23(28)30-25(4,5)6)20(17-13-9-7-10-14-17)26-21(31)18-15-11-8-12-16-18/h8,11-12,15-17,19-20H,7,9-10,13-14H2,1-6H3,(H,26,31). The molecule has 0 aromatic heterocycles. The van der Waals surface area contributed by atoms with Crippen LogP contribution in [0.25, 0.3) is 0 Å². The molecule has 1 saturated carbocycles. The van der Waals surface area contributed by atoms with Crippen molar-refractivity contribution in [2.45, 2.75) is 90.9 Å². The van der Waals surface area contributed by atoms with Crippen molar-refractivity contribution in [3.63, 3.8) is 0 Å². The second-order valence-electron chi connectivity index (χ2n) is 10.3. The number of thiocarbonyl (C=S) groups is 1. The summed E-state index contributed by atoms with van der Waals surface area (Å²) >= 11 is 5.66. The zero-order chi connectivity index (χ0) is 23.2. The van der Waals surface area contributed by atoms with Gasteiger partial charge < -0.3 is 14.8 Å². The van der Waals surface area contributed by atoms with Crippen molar-refractivity contribution < 1.29 is 19.1 Å². The average Bonchev–Trinajstić information content (AvgIpc) is 2.66. The van der Waals surface area contributed by atoms with Gasteiger partial charge in [-0.2, -0.15) is 0 Å². The van der Waals surface area contributed by atoms with E-state index < -0.39 is 35.1 Å². The van der Waals surface area contributed by atoms with Gasteiger partial charge in [0.15, 0.2) is 5.92 Å². The van der Waals surface area contributed by atoms with E-state index in [9.17, 15) is 9.59 Å². The fraction of sp³-hybridized carbons (Fsp3) is 0.640. The van der Waals surface area contributed by atoms with Crippen LogP contribution in [0.2, 0.25) is 0 Å². The van der Waals surface area contributed by atoms with Gasteiger partial charge in [0, 0.05) is 5.56 Å². The number of hydrogen-bond donors (Lipinski definition) is 1. The van der Waals surface area contributed by atoms with E-state index >= 15 is 0 Å². The summed E-state index contributed by atoms with van der Waals surface area (Å²) in [4.78, 5) is 27.1. The molecular formula is C25H37NO4S. The minimum Gasteiger partial charge on any atom is -0.459 e. The van der Waals surface area contributed by atoms with Crippen LogP contribution in [0.15, 0.2) is 30.3 Å². The molecule has 172 valence electrons. The fourth-order valence-corrected chi connectivity index (χ4v) is 4.18. The number of rotatable bonds is 6. The van der Waals surface area contributed by atoms with Gasteiger partial charge in [0.25, 0.3) is 0 Å². The summed E-state index contributed by atoms with van der Waals surface area (Å²) in [5, 5.41) is 3.37. The number of hydrogen-bond acceptors (Lipinski definition) is 5. The van der Waals surface area contributed by atoms with Crippen LogP contribution >= 0.6 is 12.2 Å². The van der Waals surface area contributed by atoms with Crippen molar-refractivity contribution in [2.75, 3.05) is 0 Å². The molecule has 1 aromatic carbocycles. The quantitative estimate of drug-likeness (QED) is 0.367. The van der Waals surface area contributed by atoms with E-state index in [1.54, 1.807) is 41.5 Å². The first-order valence-corrected chi connectivity index (χ1v) is 11.6. The van der Waals surface area contributed by atoms with Gasteiger partial charge in [0.1, 0.15) is 16.2 Å². The van der Waals surface area contributed by atoms with E-state index in [4.69, 9.17) is 21.7 Å². The van der Waals surface area contributed by atoms with Crippen molar-refractivity contribution in [3.8, 4) is 0 Å². The van der Waals surface area contributed by atoms with Crippen LogP contribution in [0.1, 0.15) is 79.2 Å². The maximum absolute atomic E-state index is 13.3. The smallest absolute Gasteiger partial charge is 0.323 e. The highest BCUT2D eigenvalue weighted by molar-refractivity contribution is 7.80.